The van der Waals surface area contributed by atoms with Gasteiger partial charge in [-0.15, -0.1) is 0 Å². The van der Waals surface area contributed by atoms with Crippen LogP contribution in [0.3, 0.4) is 0 Å². The zero-order valence-corrected chi connectivity index (χ0v) is 12.3. The van der Waals surface area contributed by atoms with Crippen LogP contribution in [-0.2, 0) is 4.79 Å². The summed E-state index contributed by atoms with van der Waals surface area (Å²) in [6.45, 7) is 3.12. The molecular formula is C15H28N2O2. The summed E-state index contributed by atoms with van der Waals surface area (Å²) >= 11 is 0. The summed E-state index contributed by atoms with van der Waals surface area (Å²) in [4.78, 5) is 16.9. The molecule has 4 heteroatoms. The number of hydrogen-bond donors (Lipinski definition) is 1. The second-order valence-electron chi connectivity index (χ2n) is 6.18. The lowest BCUT2D eigenvalue weighted by Crippen LogP contribution is -2.62. The fourth-order valence-electron chi connectivity index (χ4n) is 3.52. The number of likely N-dealkylation sites (N-methyl/N-ethyl adjacent to an activating group) is 1. The Kier molecular flexibility index (Phi) is 5.22. The van der Waals surface area contributed by atoms with Gasteiger partial charge < -0.3 is 10.0 Å². The number of aliphatic hydroxyl groups is 1. The zero-order valence-electron chi connectivity index (χ0n) is 12.3. The van der Waals surface area contributed by atoms with Crippen LogP contribution >= 0.6 is 0 Å². The topological polar surface area (TPSA) is 43.8 Å². The summed E-state index contributed by atoms with van der Waals surface area (Å²) < 4.78 is 0. The number of nitrogens with zero attached hydrogens (tertiary/aromatic N) is 2. The molecule has 1 heterocycles. The molecule has 0 bridgehead atoms. The van der Waals surface area contributed by atoms with Gasteiger partial charge in [-0.1, -0.05) is 25.7 Å². The Morgan fingerprint density at radius 2 is 1.84 bits per heavy atom. The largest absolute Gasteiger partial charge is 0.396 e. The number of aliphatic hydroxyl groups excluding tert-OH is 1. The van der Waals surface area contributed by atoms with E-state index in [1.54, 1.807) is 0 Å². The zero-order chi connectivity index (χ0) is 13.8. The van der Waals surface area contributed by atoms with Crippen LogP contribution < -0.4 is 0 Å². The van der Waals surface area contributed by atoms with E-state index in [1.807, 2.05) is 7.05 Å². The van der Waals surface area contributed by atoms with Gasteiger partial charge in [0, 0.05) is 25.2 Å². The van der Waals surface area contributed by atoms with Gasteiger partial charge >= 0.3 is 0 Å². The van der Waals surface area contributed by atoms with Gasteiger partial charge in [-0.3, -0.25) is 9.69 Å². The molecule has 1 aliphatic carbocycles. The monoisotopic (exact) mass is 268 g/mol. The van der Waals surface area contributed by atoms with Crippen LogP contribution in [0.1, 0.15) is 51.9 Å². The Hall–Kier alpha value is -0.610. The maximum Gasteiger partial charge on any atom is 0.240 e. The number of carbonyl (C=O) groups is 1. The second kappa shape index (κ2) is 6.71. The highest BCUT2D eigenvalue weighted by Gasteiger charge is 2.39. The predicted octanol–water partition coefficient (Wildman–Crippen LogP) is 1.62. The molecular weight excluding hydrogens is 240 g/mol. The van der Waals surface area contributed by atoms with Crippen LogP contribution in [0, 0.1) is 0 Å². The van der Waals surface area contributed by atoms with E-state index in [9.17, 15) is 9.90 Å². The number of carbonyl (C=O) groups excluding carboxylic acids is 1. The maximum absolute atomic E-state index is 12.7. The second-order valence-corrected chi connectivity index (χ2v) is 6.18. The third-order valence-corrected chi connectivity index (χ3v) is 4.88. The van der Waals surface area contributed by atoms with E-state index in [2.05, 4.69) is 16.7 Å². The minimum Gasteiger partial charge on any atom is -0.396 e. The molecule has 4 nitrogen and oxygen atoms in total. The first-order valence-corrected chi connectivity index (χ1v) is 7.78. The van der Waals surface area contributed by atoms with Crippen LogP contribution in [0.5, 0.6) is 0 Å². The van der Waals surface area contributed by atoms with Gasteiger partial charge in [0.05, 0.1) is 6.04 Å². The van der Waals surface area contributed by atoms with Gasteiger partial charge in [-0.25, -0.2) is 0 Å². The van der Waals surface area contributed by atoms with E-state index in [0.29, 0.717) is 18.5 Å². The highest BCUT2D eigenvalue weighted by molar-refractivity contribution is 5.83. The first-order chi connectivity index (χ1) is 9.15. The minimum absolute atomic E-state index is 0.0893. The summed E-state index contributed by atoms with van der Waals surface area (Å²) in [6, 6.07) is 0.696. The molecule has 19 heavy (non-hydrogen) atoms. The van der Waals surface area contributed by atoms with E-state index < -0.39 is 0 Å². The van der Waals surface area contributed by atoms with Crippen molar-refractivity contribution >= 4 is 5.91 Å². The van der Waals surface area contributed by atoms with Crippen molar-refractivity contribution in [3.8, 4) is 0 Å². The highest BCUT2D eigenvalue weighted by Crippen LogP contribution is 2.27. The molecule has 0 aromatic carbocycles. The normalized spacial score (nSPS) is 31.5. The lowest BCUT2D eigenvalue weighted by molar-refractivity contribution is -0.147. The number of piperazine rings is 1. The van der Waals surface area contributed by atoms with E-state index >= 15 is 0 Å². The summed E-state index contributed by atoms with van der Waals surface area (Å²) in [5, 5.41) is 9.18. The molecule has 2 aliphatic rings. The molecule has 0 radical (unpaired) electrons. The van der Waals surface area contributed by atoms with Crippen LogP contribution in [0.15, 0.2) is 0 Å². The molecule has 2 atom stereocenters. The Labute approximate surface area is 116 Å². The molecule has 0 spiro atoms. The van der Waals surface area contributed by atoms with E-state index in [4.69, 9.17) is 0 Å². The Balaban J connectivity index is 2.08. The highest BCUT2D eigenvalue weighted by atomic mass is 16.3. The predicted molar refractivity (Wildman–Crippen MR) is 75.9 cm³/mol. The van der Waals surface area contributed by atoms with E-state index in [0.717, 1.165) is 19.4 Å². The SMILES string of the molecule is CC1CN(C2CCCCCC2)C(=O)C(CCO)N1C. The fraction of sp³-hybridized carbons (Fsp3) is 0.933. The average Bonchev–Trinajstić information content (AvgIpc) is 2.68. The Bertz CT molecular complexity index is 301. The summed E-state index contributed by atoms with van der Waals surface area (Å²) in [7, 11) is 2.01. The lowest BCUT2D eigenvalue weighted by atomic mass is 9.99. The van der Waals surface area contributed by atoms with Crippen LogP contribution in [0.25, 0.3) is 0 Å². The van der Waals surface area contributed by atoms with Crippen LogP contribution in [-0.4, -0.2) is 59.1 Å². The molecule has 2 fully saturated rings. The maximum atomic E-state index is 12.7. The van der Waals surface area contributed by atoms with Crippen molar-refractivity contribution in [2.45, 2.75) is 70.0 Å². The van der Waals surface area contributed by atoms with Crippen molar-refractivity contribution < 1.29 is 9.90 Å². The molecule has 0 aromatic heterocycles. The summed E-state index contributed by atoms with van der Waals surface area (Å²) in [5.41, 5.74) is 0. The molecule has 1 amide bonds. The van der Waals surface area contributed by atoms with Crippen molar-refractivity contribution in [3.05, 3.63) is 0 Å². The van der Waals surface area contributed by atoms with Crippen molar-refractivity contribution in [2.75, 3.05) is 20.2 Å². The van der Waals surface area contributed by atoms with Gasteiger partial charge in [-0.2, -0.15) is 0 Å². The van der Waals surface area contributed by atoms with Gasteiger partial charge in [0.2, 0.25) is 5.91 Å². The minimum atomic E-state index is -0.128. The molecule has 1 saturated heterocycles. The van der Waals surface area contributed by atoms with Gasteiger partial charge in [0.1, 0.15) is 0 Å². The first kappa shape index (κ1) is 14.8. The molecule has 110 valence electrons. The van der Waals surface area contributed by atoms with Crippen LogP contribution in [0.2, 0.25) is 0 Å². The molecule has 1 aliphatic heterocycles. The van der Waals surface area contributed by atoms with E-state index in [1.165, 1.54) is 25.7 Å². The van der Waals surface area contributed by atoms with Crippen molar-refractivity contribution in [3.63, 3.8) is 0 Å². The van der Waals surface area contributed by atoms with Gasteiger partial charge in [-0.05, 0) is 33.2 Å². The molecule has 2 unspecified atom stereocenters. The molecule has 0 aromatic rings. The third-order valence-electron chi connectivity index (χ3n) is 4.88. The van der Waals surface area contributed by atoms with Crippen molar-refractivity contribution in [1.82, 2.24) is 9.80 Å². The third kappa shape index (κ3) is 3.29. The summed E-state index contributed by atoms with van der Waals surface area (Å²) in [6.07, 6.45) is 8.01. The lowest BCUT2D eigenvalue weighted by Gasteiger charge is -2.46. The molecule has 2 rings (SSSR count). The smallest absolute Gasteiger partial charge is 0.240 e. The Morgan fingerprint density at radius 1 is 1.21 bits per heavy atom. The van der Waals surface area contributed by atoms with Crippen molar-refractivity contribution in [2.24, 2.45) is 0 Å². The molecule has 1 N–H and O–H groups in total. The number of rotatable bonds is 3. The van der Waals surface area contributed by atoms with Crippen molar-refractivity contribution in [1.29, 1.82) is 0 Å². The standard InChI is InChI=1S/C15H28N2O2/c1-12-11-17(13-7-5-3-4-6-8-13)15(19)14(9-10-18)16(12)2/h12-14,18H,3-11H2,1-2H3. The quantitative estimate of drug-likeness (QED) is 0.791. The number of hydrogen-bond acceptors (Lipinski definition) is 3. The first-order valence-electron chi connectivity index (χ1n) is 7.78. The number of amides is 1. The van der Waals surface area contributed by atoms with Crippen LogP contribution in [0.4, 0.5) is 0 Å². The van der Waals surface area contributed by atoms with Gasteiger partial charge in [0.15, 0.2) is 0 Å². The van der Waals surface area contributed by atoms with E-state index in [-0.39, 0.29) is 18.6 Å². The average molecular weight is 268 g/mol. The summed E-state index contributed by atoms with van der Waals surface area (Å²) in [5.74, 6) is 0.238. The fourth-order valence-corrected chi connectivity index (χ4v) is 3.52. The Morgan fingerprint density at radius 3 is 2.42 bits per heavy atom. The van der Waals surface area contributed by atoms with Gasteiger partial charge in [0.25, 0.3) is 0 Å². The molecule has 1 saturated carbocycles.